The first-order valence-electron chi connectivity index (χ1n) is 10.4. The molecule has 1 amide bonds. The average molecular weight is 436 g/mol. The number of hydrogen-bond acceptors (Lipinski definition) is 1. The van der Waals surface area contributed by atoms with Crippen LogP contribution in [0.3, 0.4) is 0 Å². The first-order chi connectivity index (χ1) is 14.5. The Morgan fingerprint density at radius 1 is 0.800 bits per heavy atom. The summed E-state index contributed by atoms with van der Waals surface area (Å²) in [5.74, 6) is 0.774. The number of nitrogens with one attached hydrogen (secondary N) is 1. The zero-order valence-electron chi connectivity index (χ0n) is 16.9. The monoisotopic (exact) mass is 435 g/mol. The second-order valence-electron chi connectivity index (χ2n) is 8.68. The van der Waals surface area contributed by atoms with Gasteiger partial charge in [-0.15, -0.1) is 0 Å². The molecule has 3 aliphatic carbocycles. The Hall–Kier alpha value is -2.29. The lowest BCUT2D eigenvalue weighted by atomic mass is 9.52. The summed E-state index contributed by atoms with van der Waals surface area (Å²) in [4.78, 5) is 13.7. The van der Waals surface area contributed by atoms with Gasteiger partial charge in [-0.1, -0.05) is 85.6 Å². The fourth-order valence-corrected chi connectivity index (χ4v) is 5.94. The van der Waals surface area contributed by atoms with E-state index in [0.29, 0.717) is 21.7 Å². The van der Waals surface area contributed by atoms with E-state index in [4.69, 9.17) is 23.2 Å². The molecular weight excluding hydrogens is 413 g/mol. The smallest absolute Gasteiger partial charge is 0.228 e. The van der Waals surface area contributed by atoms with E-state index in [1.165, 1.54) is 22.3 Å². The molecule has 0 saturated carbocycles. The van der Waals surface area contributed by atoms with Gasteiger partial charge in [0, 0.05) is 17.5 Å². The number of benzene rings is 3. The van der Waals surface area contributed by atoms with E-state index < -0.39 is 0 Å². The minimum Gasteiger partial charge on any atom is -0.326 e. The average Bonchev–Trinajstić information content (AvgIpc) is 2.75. The molecule has 30 heavy (non-hydrogen) atoms. The Morgan fingerprint density at radius 3 is 1.83 bits per heavy atom. The number of rotatable bonds is 3. The van der Waals surface area contributed by atoms with E-state index in [0.717, 1.165) is 0 Å². The third kappa shape index (κ3) is 2.97. The number of carbonyl (C=O) groups is 1. The SMILES string of the molecule is CC(C)[C@@H]1C2c3ccccc3C(c3ccccc32)[C@@H]1C(=O)Nc1ccc(Cl)c(Cl)c1. The van der Waals surface area contributed by atoms with E-state index in [2.05, 4.69) is 67.7 Å². The summed E-state index contributed by atoms with van der Waals surface area (Å²) in [6, 6.07) is 22.5. The van der Waals surface area contributed by atoms with Crippen LogP contribution in [0, 0.1) is 17.8 Å². The molecule has 2 atom stereocenters. The molecule has 6 rings (SSSR count). The lowest BCUT2D eigenvalue weighted by molar-refractivity contribution is -0.123. The first kappa shape index (κ1) is 19.7. The molecule has 1 N–H and O–H groups in total. The molecule has 0 radical (unpaired) electrons. The van der Waals surface area contributed by atoms with Gasteiger partial charge in [0.2, 0.25) is 5.91 Å². The molecule has 0 fully saturated rings. The maximum Gasteiger partial charge on any atom is 0.228 e. The van der Waals surface area contributed by atoms with E-state index in [1.54, 1.807) is 18.2 Å². The van der Waals surface area contributed by atoms with Crippen molar-refractivity contribution in [1.82, 2.24) is 0 Å². The van der Waals surface area contributed by atoms with Crippen LogP contribution in [0.4, 0.5) is 5.69 Å². The highest BCUT2D eigenvalue weighted by Gasteiger charge is 2.53. The van der Waals surface area contributed by atoms with Crippen LogP contribution in [-0.2, 0) is 4.79 Å². The molecular formula is C26H23Cl2NO. The summed E-state index contributed by atoms with van der Waals surface area (Å²) in [5, 5.41) is 4.05. The highest BCUT2D eigenvalue weighted by molar-refractivity contribution is 6.42. The summed E-state index contributed by atoms with van der Waals surface area (Å²) < 4.78 is 0. The van der Waals surface area contributed by atoms with Crippen molar-refractivity contribution in [3.63, 3.8) is 0 Å². The molecule has 2 bridgehead atoms. The normalized spacial score (nSPS) is 23.8. The topological polar surface area (TPSA) is 29.1 Å². The van der Waals surface area contributed by atoms with Gasteiger partial charge in [0.05, 0.1) is 16.0 Å². The highest BCUT2D eigenvalue weighted by atomic mass is 35.5. The van der Waals surface area contributed by atoms with Crippen molar-refractivity contribution in [2.75, 3.05) is 5.32 Å². The van der Waals surface area contributed by atoms with Gasteiger partial charge in [-0.05, 0) is 52.3 Å². The van der Waals surface area contributed by atoms with Crippen LogP contribution in [0.1, 0.15) is 47.9 Å². The van der Waals surface area contributed by atoms with Gasteiger partial charge in [-0.25, -0.2) is 0 Å². The molecule has 0 heterocycles. The third-order valence-corrected chi connectivity index (χ3v) is 7.49. The minimum absolute atomic E-state index is 0.0473. The van der Waals surface area contributed by atoms with Gasteiger partial charge in [-0.2, -0.15) is 0 Å². The first-order valence-corrected chi connectivity index (χ1v) is 11.2. The number of anilines is 1. The van der Waals surface area contributed by atoms with E-state index in [9.17, 15) is 4.79 Å². The Labute approximate surface area is 187 Å². The highest BCUT2D eigenvalue weighted by Crippen LogP contribution is 2.60. The van der Waals surface area contributed by atoms with Gasteiger partial charge in [-0.3, -0.25) is 4.79 Å². The third-order valence-electron chi connectivity index (χ3n) is 6.75. The zero-order chi connectivity index (χ0) is 21.0. The fourth-order valence-electron chi connectivity index (χ4n) is 5.65. The molecule has 3 aliphatic rings. The summed E-state index contributed by atoms with van der Waals surface area (Å²) in [7, 11) is 0. The van der Waals surface area contributed by atoms with Gasteiger partial charge < -0.3 is 5.32 Å². The van der Waals surface area contributed by atoms with Crippen molar-refractivity contribution in [3.8, 4) is 0 Å². The maximum absolute atomic E-state index is 13.7. The van der Waals surface area contributed by atoms with Crippen LogP contribution >= 0.6 is 23.2 Å². The van der Waals surface area contributed by atoms with Crippen molar-refractivity contribution < 1.29 is 4.79 Å². The number of carbonyl (C=O) groups excluding carboxylic acids is 1. The molecule has 0 unspecified atom stereocenters. The summed E-state index contributed by atoms with van der Waals surface area (Å²) >= 11 is 12.2. The van der Waals surface area contributed by atoms with Crippen molar-refractivity contribution in [2.24, 2.45) is 17.8 Å². The molecule has 3 aromatic rings. The van der Waals surface area contributed by atoms with E-state index in [-0.39, 0.29) is 29.6 Å². The van der Waals surface area contributed by atoms with Gasteiger partial charge in [0.15, 0.2) is 0 Å². The predicted molar refractivity (Wildman–Crippen MR) is 123 cm³/mol. The quantitative estimate of drug-likeness (QED) is 0.466. The number of hydrogen-bond donors (Lipinski definition) is 1. The largest absolute Gasteiger partial charge is 0.326 e. The van der Waals surface area contributed by atoms with Crippen LogP contribution in [0.15, 0.2) is 66.7 Å². The molecule has 0 saturated heterocycles. The minimum atomic E-state index is -0.144. The number of amides is 1. The molecule has 0 aromatic heterocycles. The second-order valence-corrected chi connectivity index (χ2v) is 9.49. The Morgan fingerprint density at radius 2 is 1.33 bits per heavy atom. The van der Waals surface area contributed by atoms with E-state index in [1.807, 2.05) is 0 Å². The summed E-state index contributed by atoms with van der Waals surface area (Å²) in [6.45, 7) is 4.46. The predicted octanol–water partition coefficient (Wildman–Crippen LogP) is 7.11. The van der Waals surface area contributed by atoms with Crippen LogP contribution in [-0.4, -0.2) is 5.91 Å². The molecule has 4 heteroatoms. The van der Waals surface area contributed by atoms with E-state index >= 15 is 0 Å². The molecule has 152 valence electrons. The van der Waals surface area contributed by atoms with Crippen molar-refractivity contribution in [3.05, 3.63) is 99.0 Å². The summed E-state index contributed by atoms with van der Waals surface area (Å²) in [5.41, 5.74) is 6.00. The number of halogens is 2. The van der Waals surface area contributed by atoms with Crippen molar-refractivity contribution in [2.45, 2.75) is 25.7 Å². The molecule has 0 aliphatic heterocycles. The summed E-state index contributed by atoms with van der Waals surface area (Å²) in [6.07, 6.45) is 0. The van der Waals surface area contributed by atoms with Crippen molar-refractivity contribution >= 4 is 34.8 Å². The van der Waals surface area contributed by atoms with Crippen molar-refractivity contribution in [1.29, 1.82) is 0 Å². The standard InChI is InChI=1S/C26H23Cl2NO/c1-14(2)22-23-16-7-3-5-9-18(16)24(19-10-6-4-8-17(19)23)25(22)26(30)29-15-11-12-20(27)21(28)13-15/h3-14,22-25H,1-2H3,(H,29,30)/t22-,23?,24?,25-/m1/s1. The van der Waals surface area contributed by atoms with Crippen LogP contribution < -0.4 is 5.32 Å². The Balaban J connectivity index is 1.62. The number of fused-ring (bicyclic) bond motifs is 1. The fraction of sp³-hybridized carbons (Fsp3) is 0.269. The Bertz CT molecular complexity index is 1090. The van der Waals surface area contributed by atoms with Gasteiger partial charge in [0.1, 0.15) is 0 Å². The Kier molecular flexibility index (Phi) is 4.88. The second kappa shape index (κ2) is 7.44. The molecule has 2 nitrogen and oxygen atoms in total. The van der Waals surface area contributed by atoms with Gasteiger partial charge >= 0.3 is 0 Å². The van der Waals surface area contributed by atoms with Crippen LogP contribution in [0.25, 0.3) is 0 Å². The lowest BCUT2D eigenvalue weighted by Crippen LogP contribution is -2.47. The van der Waals surface area contributed by atoms with Crippen LogP contribution in [0.2, 0.25) is 10.0 Å². The lowest BCUT2D eigenvalue weighted by Gasteiger charge is -2.51. The van der Waals surface area contributed by atoms with Crippen LogP contribution in [0.5, 0.6) is 0 Å². The molecule has 0 spiro atoms. The van der Waals surface area contributed by atoms with Gasteiger partial charge in [0.25, 0.3) is 0 Å². The molecule has 3 aromatic carbocycles. The maximum atomic E-state index is 13.7. The zero-order valence-corrected chi connectivity index (χ0v) is 18.4.